The van der Waals surface area contributed by atoms with Gasteiger partial charge in [0.15, 0.2) is 0 Å². The van der Waals surface area contributed by atoms with Crippen molar-refractivity contribution in [1.82, 2.24) is 5.32 Å². The molecule has 2 aromatic carbocycles. The second kappa shape index (κ2) is 7.56. The molecule has 2 aromatic rings. The maximum atomic E-state index is 12.2. The number of nitrogens with one attached hydrogen (secondary N) is 4. The highest BCUT2D eigenvalue weighted by Crippen LogP contribution is 2.21. The van der Waals surface area contributed by atoms with Gasteiger partial charge in [0.25, 0.3) is 0 Å². The molecule has 0 saturated carbocycles. The second-order valence-corrected chi connectivity index (χ2v) is 5.78. The van der Waals surface area contributed by atoms with E-state index in [1.165, 1.54) is 6.92 Å². The molecule has 3 rings (SSSR count). The lowest BCUT2D eigenvalue weighted by atomic mass is 10.2. The molecule has 0 bridgehead atoms. The number of amides is 5. The highest BCUT2D eigenvalue weighted by molar-refractivity contribution is 6.01. The van der Waals surface area contributed by atoms with Crippen molar-refractivity contribution >= 4 is 40.7 Å². The van der Waals surface area contributed by atoms with Crippen molar-refractivity contribution in [2.75, 3.05) is 33.9 Å². The average molecular weight is 353 g/mol. The summed E-state index contributed by atoms with van der Waals surface area (Å²) in [6.07, 6.45) is 0. The molecule has 0 atom stereocenters. The lowest BCUT2D eigenvalue weighted by Crippen LogP contribution is -2.27. The number of benzene rings is 2. The van der Waals surface area contributed by atoms with Crippen LogP contribution in [0, 0.1) is 0 Å². The number of carbonyl (C=O) groups excluding carboxylic acids is 3. The van der Waals surface area contributed by atoms with Crippen LogP contribution < -0.4 is 26.2 Å². The third-order valence-corrected chi connectivity index (χ3v) is 3.71. The molecular formula is C18H19N5O3. The summed E-state index contributed by atoms with van der Waals surface area (Å²) >= 11 is 0. The Hall–Kier alpha value is -3.55. The molecule has 1 heterocycles. The van der Waals surface area contributed by atoms with Crippen LogP contribution in [-0.4, -0.2) is 31.1 Å². The number of rotatable bonds is 4. The first-order chi connectivity index (χ1) is 12.5. The standard InChI is InChI=1S/C18H19N5O3/c1-12(24)20-13-4-2-5-14(10-13)21-17(25)22-15-6-3-7-16(11-15)23-9-8-19-18(23)26/h2-7,10-11H,8-9H2,1H3,(H,19,26)(H,20,24)(H2,21,22,25). The van der Waals surface area contributed by atoms with E-state index in [9.17, 15) is 14.4 Å². The predicted octanol–water partition coefficient (Wildman–Crippen LogP) is 2.82. The third-order valence-electron chi connectivity index (χ3n) is 3.71. The van der Waals surface area contributed by atoms with Crippen LogP contribution in [0.15, 0.2) is 48.5 Å². The highest BCUT2D eigenvalue weighted by atomic mass is 16.2. The quantitative estimate of drug-likeness (QED) is 0.679. The van der Waals surface area contributed by atoms with Crippen molar-refractivity contribution in [1.29, 1.82) is 0 Å². The first-order valence-corrected chi connectivity index (χ1v) is 8.12. The Morgan fingerprint density at radius 1 is 0.962 bits per heavy atom. The molecule has 0 aromatic heterocycles. The number of nitrogens with zero attached hydrogens (tertiary/aromatic N) is 1. The van der Waals surface area contributed by atoms with E-state index in [0.29, 0.717) is 35.8 Å². The number of hydrogen-bond acceptors (Lipinski definition) is 3. The molecule has 1 aliphatic heterocycles. The maximum absolute atomic E-state index is 12.2. The Labute approximate surface area is 150 Å². The van der Waals surface area contributed by atoms with Crippen LogP contribution in [0.3, 0.4) is 0 Å². The van der Waals surface area contributed by atoms with E-state index in [1.54, 1.807) is 47.4 Å². The molecule has 26 heavy (non-hydrogen) atoms. The number of urea groups is 2. The third kappa shape index (κ3) is 4.29. The van der Waals surface area contributed by atoms with Crippen LogP contribution in [0.4, 0.5) is 32.3 Å². The van der Waals surface area contributed by atoms with Crippen LogP contribution in [0.5, 0.6) is 0 Å². The number of hydrogen-bond donors (Lipinski definition) is 4. The second-order valence-electron chi connectivity index (χ2n) is 5.78. The van der Waals surface area contributed by atoms with Crippen LogP contribution in [0.25, 0.3) is 0 Å². The zero-order chi connectivity index (χ0) is 18.5. The van der Waals surface area contributed by atoms with Gasteiger partial charge in [-0.15, -0.1) is 0 Å². The van der Waals surface area contributed by atoms with Gasteiger partial charge in [-0.3, -0.25) is 9.69 Å². The average Bonchev–Trinajstić information content (AvgIpc) is 3.00. The molecule has 5 amide bonds. The van der Waals surface area contributed by atoms with Crippen molar-refractivity contribution in [3.05, 3.63) is 48.5 Å². The van der Waals surface area contributed by atoms with Gasteiger partial charge >= 0.3 is 12.1 Å². The van der Waals surface area contributed by atoms with Gasteiger partial charge in [0.1, 0.15) is 0 Å². The van der Waals surface area contributed by atoms with Crippen molar-refractivity contribution in [2.24, 2.45) is 0 Å². The van der Waals surface area contributed by atoms with E-state index in [-0.39, 0.29) is 11.9 Å². The Bertz CT molecular complexity index is 852. The summed E-state index contributed by atoms with van der Waals surface area (Å²) in [5.41, 5.74) is 2.42. The SMILES string of the molecule is CC(=O)Nc1cccc(NC(=O)Nc2cccc(N3CCNC3=O)c2)c1. The molecule has 0 radical (unpaired) electrons. The Morgan fingerprint density at radius 3 is 2.19 bits per heavy atom. The van der Waals surface area contributed by atoms with Crippen LogP contribution >= 0.6 is 0 Å². The molecule has 8 heteroatoms. The zero-order valence-electron chi connectivity index (χ0n) is 14.2. The largest absolute Gasteiger partial charge is 0.336 e. The fourth-order valence-electron chi connectivity index (χ4n) is 2.64. The van der Waals surface area contributed by atoms with Crippen molar-refractivity contribution in [3.63, 3.8) is 0 Å². The molecule has 1 fully saturated rings. The molecule has 0 aliphatic carbocycles. The van der Waals surface area contributed by atoms with Gasteiger partial charge in [-0.1, -0.05) is 12.1 Å². The summed E-state index contributed by atoms with van der Waals surface area (Å²) in [6.45, 7) is 2.60. The van der Waals surface area contributed by atoms with Gasteiger partial charge in [-0.2, -0.15) is 0 Å². The summed E-state index contributed by atoms with van der Waals surface area (Å²) in [5, 5.41) is 10.8. The summed E-state index contributed by atoms with van der Waals surface area (Å²) < 4.78 is 0. The first-order valence-electron chi connectivity index (χ1n) is 8.12. The minimum Gasteiger partial charge on any atom is -0.336 e. The molecular weight excluding hydrogens is 334 g/mol. The van der Waals surface area contributed by atoms with Crippen molar-refractivity contribution < 1.29 is 14.4 Å². The zero-order valence-corrected chi connectivity index (χ0v) is 14.2. The Morgan fingerprint density at radius 2 is 1.58 bits per heavy atom. The first kappa shape index (κ1) is 17.3. The summed E-state index contributed by atoms with van der Waals surface area (Å²) in [5.74, 6) is -0.186. The van der Waals surface area contributed by atoms with Gasteiger partial charge < -0.3 is 21.3 Å². The van der Waals surface area contributed by atoms with E-state index >= 15 is 0 Å². The van der Waals surface area contributed by atoms with Crippen molar-refractivity contribution in [2.45, 2.75) is 6.92 Å². The van der Waals surface area contributed by atoms with Gasteiger partial charge in [-0.25, -0.2) is 9.59 Å². The normalized spacial score (nSPS) is 13.1. The molecule has 4 N–H and O–H groups in total. The van der Waals surface area contributed by atoms with Crippen LogP contribution in [-0.2, 0) is 4.79 Å². The fraction of sp³-hybridized carbons (Fsp3) is 0.167. The lowest BCUT2D eigenvalue weighted by molar-refractivity contribution is -0.114. The van der Waals surface area contributed by atoms with E-state index in [0.717, 1.165) is 0 Å². The monoisotopic (exact) mass is 353 g/mol. The molecule has 0 spiro atoms. The van der Waals surface area contributed by atoms with Gasteiger partial charge in [-0.05, 0) is 36.4 Å². The summed E-state index contributed by atoms with van der Waals surface area (Å²) in [6, 6.07) is 13.3. The maximum Gasteiger partial charge on any atom is 0.323 e. The van der Waals surface area contributed by atoms with Gasteiger partial charge in [0, 0.05) is 42.8 Å². The minimum atomic E-state index is -0.423. The van der Waals surface area contributed by atoms with Gasteiger partial charge in [0.2, 0.25) is 5.91 Å². The highest BCUT2D eigenvalue weighted by Gasteiger charge is 2.21. The topological polar surface area (TPSA) is 103 Å². The number of carbonyl (C=O) groups is 3. The molecule has 8 nitrogen and oxygen atoms in total. The van der Waals surface area contributed by atoms with Gasteiger partial charge in [0.05, 0.1) is 0 Å². The van der Waals surface area contributed by atoms with E-state index in [2.05, 4.69) is 21.3 Å². The molecule has 1 aliphatic rings. The Kier molecular flexibility index (Phi) is 5.02. The van der Waals surface area contributed by atoms with Crippen LogP contribution in [0.2, 0.25) is 0 Å². The van der Waals surface area contributed by atoms with E-state index in [1.807, 2.05) is 6.07 Å². The molecule has 0 unspecified atom stereocenters. The molecule has 134 valence electrons. The summed E-state index contributed by atoms with van der Waals surface area (Å²) in [4.78, 5) is 36.7. The van der Waals surface area contributed by atoms with E-state index in [4.69, 9.17) is 0 Å². The molecule has 1 saturated heterocycles. The van der Waals surface area contributed by atoms with E-state index < -0.39 is 6.03 Å². The number of anilines is 4. The smallest absolute Gasteiger partial charge is 0.323 e. The van der Waals surface area contributed by atoms with Crippen molar-refractivity contribution in [3.8, 4) is 0 Å². The summed E-state index contributed by atoms with van der Waals surface area (Å²) in [7, 11) is 0. The fourth-order valence-corrected chi connectivity index (χ4v) is 2.64. The predicted molar refractivity (Wildman–Crippen MR) is 101 cm³/mol. The Balaban J connectivity index is 1.65. The lowest BCUT2D eigenvalue weighted by Gasteiger charge is -2.15. The van der Waals surface area contributed by atoms with Crippen LogP contribution in [0.1, 0.15) is 6.92 Å². The minimum absolute atomic E-state index is 0.151.